The van der Waals surface area contributed by atoms with Gasteiger partial charge in [-0.3, -0.25) is 0 Å². The molecule has 0 fully saturated rings. The van der Waals surface area contributed by atoms with Crippen molar-refractivity contribution in [2.45, 2.75) is 26.5 Å². The zero-order valence-corrected chi connectivity index (χ0v) is 9.45. The maximum Gasteiger partial charge on any atom is 0.394 e. The molecule has 1 N–H and O–H groups in total. The van der Waals surface area contributed by atoms with Gasteiger partial charge in [-0.15, -0.1) is 0 Å². The van der Waals surface area contributed by atoms with Crippen molar-refractivity contribution in [2.24, 2.45) is 0 Å². The Hall–Kier alpha value is -1.07. The van der Waals surface area contributed by atoms with Crippen molar-refractivity contribution >= 4 is 0 Å². The molecule has 1 aromatic rings. The summed E-state index contributed by atoms with van der Waals surface area (Å²) in [7, 11) is 1.63. The highest BCUT2D eigenvalue weighted by Crippen LogP contribution is 2.11. The van der Waals surface area contributed by atoms with E-state index in [1.165, 1.54) is 0 Å². The number of rotatable bonds is 7. The summed E-state index contributed by atoms with van der Waals surface area (Å²) in [6.45, 7) is 6.06. The molecule has 5 nitrogen and oxygen atoms in total. The lowest BCUT2D eigenvalue weighted by Gasteiger charge is -2.08. The Morgan fingerprint density at radius 3 is 3.07 bits per heavy atom. The molecule has 0 aliphatic heterocycles. The van der Waals surface area contributed by atoms with Crippen LogP contribution in [-0.4, -0.2) is 31.3 Å². The van der Waals surface area contributed by atoms with E-state index in [-0.39, 0.29) is 6.10 Å². The summed E-state index contributed by atoms with van der Waals surface area (Å²) in [5.41, 5.74) is 0.844. The highest BCUT2D eigenvalue weighted by molar-refractivity contribution is 4.99. The molecule has 1 aromatic heterocycles. The van der Waals surface area contributed by atoms with Crippen LogP contribution in [0.2, 0.25) is 0 Å². The fourth-order valence-electron chi connectivity index (χ4n) is 1.12. The van der Waals surface area contributed by atoms with Crippen LogP contribution in [0, 0.1) is 0 Å². The second-order valence-corrected chi connectivity index (χ2v) is 3.27. The quantitative estimate of drug-likeness (QED) is 0.739. The summed E-state index contributed by atoms with van der Waals surface area (Å²) in [5.74, 6) is 0. The molecule has 0 spiro atoms. The monoisotopic (exact) mass is 214 g/mol. The van der Waals surface area contributed by atoms with Crippen LogP contribution in [0.1, 0.15) is 19.5 Å². The first-order valence-electron chi connectivity index (χ1n) is 5.07. The molecule has 1 atom stereocenters. The molecule has 0 radical (unpaired) electrons. The summed E-state index contributed by atoms with van der Waals surface area (Å²) < 4.78 is 15.5. The van der Waals surface area contributed by atoms with Gasteiger partial charge in [-0.25, -0.2) is 0 Å². The molecule has 0 saturated heterocycles. The normalized spacial score (nSPS) is 12.7. The fraction of sp³-hybridized carbons (Fsp3) is 0.700. The van der Waals surface area contributed by atoms with E-state index in [1.54, 1.807) is 13.4 Å². The van der Waals surface area contributed by atoms with Crippen LogP contribution in [0.25, 0.3) is 0 Å². The minimum atomic E-state index is -0.0550. The zero-order valence-electron chi connectivity index (χ0n) is 9.45. The first-order chi connectivity index (χ1) is 7.26. The summed E-state index contributed by atoms with van der Waals surface area (Å²) >= 11 is 0. The first kappa shape index (κ1) is 12.0. The summed E-state index contributed by atoms with van der Waals surface area (Å²) in [6, 6.07) is 0. The first-order valence-corrected chi connectivity index (χ1v) is 5.07. The van der Waals surface area contributed by atoms with E-state index in [1.807, 2.05) is 13.8 Å². The van der Waals surface area contributed by atoms with Crippen molar-refractivity contribution in [1.29, 1.82) is 0 Å². The third-order valence-corrected chi connectivity index (χ3v) is 1.79. The maximum atomic E-state index is 5.38. The van der Waals surface area contributed by atoms with Crippen LogP contribution in [-0.2, 0) is 11.3 Å². The number of hydrogen-bond acceptors (Lipinski definition) is 5. The average molecular weight is 214 g/mol. The van der Waals surface area contributed by atoms with Gasteiger partial charge < -0.3 is 19.2 Å². The van der Waals surface area contributed by atoms with Gasteiger partial charge >= 0.3 is 6.08 Å². The molecular weight excluding hydrogens is 196 g/mol. The minimum Gasteiger partial charge on any atom is -0.445 e. The largest absolute Gasteiger partial charge is 0.445 e. The Morgan fingerprint density at radius 2 is 2.40 bits per heavy atom. The van der Waals surface area contributed by atoms with Crippen molar-refractivity contribution in [1.82, 2.24) is 10.3 Å². The van der Waals surface area contributed by atoms with Crippen molar-refractivity contribution in [3.8, 4) is 6.08 Å². The van der Waals surface area contributed by atoms with Crippen LogP contribution in [0.4, 0.5) is 0 Å². The number of hydrogen-bond donors (Lipinski definition) is 1. The molecule has 0 saturated carbocycles. The Labute approximate surface area is 89.8 Å². The fourth-order valence-corrected chi connectivity index (χ4v) is 1.12. The van der Waals surface area contributed by atoms with Gasteiger partial charge in [0.05, 0.1) is 12.3 Å². The van der Waals surface area contributed by atoms with Gasteiger partial charge in [0.2, 0.25) is 0 Å². The van der Waals surface area contributed by atoms with Gasteiger partial charge in [-0.05, 0) is 13.5 Å². The van der Waals surface area contributed by atoms with Crippen molar-refractivity contribution in [2.75, 3.05) is 20.3 Å². The van der Waals surface area contributed by atoms with Crippen LogP contribution in [0.15, 0.2) is 10.7 Å². The SMILES string of the molecule is CCNCc1coc(OC(C)COC)n1. The molecule has 0 bridgehead atoms. The van der Waals surface area contributed by atoms with Gasteiger partial charge in [-0.2, -0.15) is 4.98 Å². The molecule has 0 aromatic carbocycles. The second kappa shape index (κ2) is 6.42. The van der Waals surface area contributed by atoms with Crippen molar-refractivity contribution < 1.29 is 13.9 Å². The number of ether oxygens (including phenoxy) is 2. The van der Waals surface area contributed by atoms with Crippen LogP contribution >= 0.6 is 0 Å². The number of nitrogens with one attached hydrogen (secondary N) is 1. The molecular formula is C10H18N2O3. The third kappa shape index (κ3) is 4.31. The zero-order chi connectivity index (χ0) is 11.1. The Balaban J connectivity index is 2.38. The number of oxazole rings is 1. The minimum absolute atomic E-state index is 0.0550. The van der Waals surface area contributed by atoms with Crippen molar-refractivity contribution in [3.63, 3.8) is 0 Å². The molecule has 86 valence electrons. The lowest BCUT2D eigenvalue weighted by Crippen LogP contribution is -2.18. The predicted octanol–water partition coefficient (Wildman–Crippen LogP) is 1.20. The van der Waals surface area contributed by atoms with E-state index < -0.39 is 0 Å². The summed E-state index contributed by atoms with van der Waals surface area (Å²) in [5, 5.41) is 3.15. The third-order valence-electron chi connectivity index (χ3n) is 1.79. The van der Waals surface area contributed by atoms with E-state index in [0.717, 1.165) is 12.2 Å². The van der Waals surface area contributed by atoms with Gasteiger partial charge in [-0.1, -0.05) is 6.92 Å². The molecule has 1 unspecified atom stereocenters. The topological polar surface area (TPSA) is 56.5 Å². The van der Waals surface area contributed by atoms with Crippen LogP contribution in [0.5, 0.6) is 6.08 Å². The lowest BCUT2D eigenvalue weighted by molar-refractivity contribution is 0.0705. The Morgan fingerprint density at radius 1 is 1.60 bits per heavy atom. The van der Waals surface area contributed by atoms with Crippen molar-refractivity contribution in [3.05, 3.63) is 12.0 Å². The van der Waals surface area contributed by atoms with E-state index >= 15 is 0 Å². The van der Waals surface area contributed by atoms with Crippen LogP contribution < -0.4 is 10.1 Å². The molecule has 0 aliphatic carbocycles. The van der Waals surface area contributed by atoms with Gasteiger partial charge in [0.15, 0.2) is 0 Å². The second-order valence-electron chi connectivity index (χ2n) is 3.27. The average Bonchev–Trinajstić information content (AvgIpc) is 2.63. The van der Waals surface area contributed by atoms with E-state index in [4.69, 9.17) is 13.9 Å². The molecule has 0 amide bonds. The molecule has 1 heterocycles. The van der Waals surface area contributed by atoms with Gasteiger partial charge in [0.25, 0.3) is 0 Å². The molecule has 5 heteroatoms. The molecule has 0 aliphatic rings. The van der Waals surface area contributed by atoms with Gasteiger partial charge in [0.1, 0.15) is 12.4 Å². The summed E-state index contributed by atoms with van der Waals surface area (Å²) in [6.07, 6.45) is 1.84. The number of methoxy groups -OCH3 is 1. The van der Waals surface area contributed by atoms with Gasteiger partial charge in [0, 0.05) is 13.7 Å². The highest BCUT2D eigenvalue weighted by atomic mass is 16.6. The smallest absolute Gasteiger partial charge is 0.394 e. The van der Waals surface area contributed by atoms with E-state index in [0.29, 0.717) is 19.2 Å². The summed E-state index contributed by atoms with van der Waals surface area (Å²) in [4.78, 5) is 4.16. The van der Waals surface area contributed by atoms with Crippen LogP contribution in [0.3, 0.4) is 0 Å². The number of nitrogens with zero attached hydrogens (tertiary/aromatic N) is 1. The maximum absolute atomic E-state index is 5.38. The highest BCUT2D eigenvalue weighted by Gasteiger charge is 2.09. The molecule has 15 heavy (non-hydrogen) atoms. The van der Waals surface area contributed by atoms with E-state index in [2.05, 4.69) is 10.3 Å². The van der Waals surface area contributed by atoms with E-state index in [9.17, 15) is 0 Å². The lowest BCUT2D eigenvalue weighted by atomic mass is 10.4. The Bertz CT molecular complexity index is 275. The number of aromatic nitrogens is 1. The molecule has 1 rings (SSSR count). The standard InChI is InChI=1S/C10H18N2O3/c1-4-11-5-9-7-14-10(12-9)15-8(2)6-13-3/h7-8,11H,4-6H2,1-3H3. The Kier molecular flexibility index (Phi) is 5.14. The predicted molar refractivity (Wildman–Crippen MR) is 55.8 cm³/mol.